The molecule has 22 heavy (non-hydrogen) atoms. The Bertz CT molecular complexity index is 653. The van der Waals surface area contributed by atoms with Crippen molar-refractivity contribution in [2.24, 2.45) is 5.92 Å². The second kappa shape index (κ2) is 7.35. The fraction of sp³-hybridized carbons (Fsp3) is 0.438. The van der Waals surface area contributed by atoms with Crippen molar-refractivity contribution in [2.75, 3.05) is 11.9 Å². The lowest BCUT2D eigenvalue weighted by molar-refractivity contribution is -0.118. The Balaban J connectivity index is 1.84. The summed E-state index contributed by atoms with van der Waals surface area (Å²) in [6.45, 7) is 8.26. The fourth-order valence-corrected chi connectivity index (χ4v) is 2.81. The molecule has 0 atom stereocenters. The molecule has 0 aliphatic rings. The summed E-state index contributed by atoms with van der Waals surface area (Å²) in [4.78, 5) is 11.9. The molecule has 118 valence electrons. The largest absolute Gasteiger partial charge is 0.484 e. The molecule has 0 bridgehead atoms. The number of hydrogen-bond donors (Lipinski definition) is 1. The monoisotopic (exact) mass is 319 g/mol. The number of nitrogens with one attached hydrogen (secondary N) is 1. The molecule has 0 aliphatic heterocycles. The van der Waals surface area contributed by atoms with Crippen molar-refractivity contribution in [1.29, 1.82) is 0 Å². The SMILES string of the molecule is Cc1ccc(OCC(=O)Nc2nnc(CC(C)C)s2)cc1C. The molecule has 1 N–H and O–H groups in total. The van der Waals surface area contributed by atoms with Gasteiger partial charge in [-0.1, -0.05) is 31.3 Å². The molecule has 1 aromatic heterocycles. The molecule has 6 heteroatoms. The summed E-state index contributed by atoms with van der Waals surface area (Å²) in [5.41, 5.74) is 2.34. The van der Waals surface area contributed by atoms with Crippen LogP contribution in [0.4, 0.5) is 5.13 Å². The summed E-state index contributed by atoms with van der Waals surface area (Å²) in [5.74, 6) is 0.978. The van der Waals surface area contributed by atoms with E-state index in [1.807, 2.05) is 32.0 Å². The highest BCUT2D eigenvalue weighted by Gasteiger charge is 2.10. The molecule has 0 fully saturated rings. The van der Waals surface area contributed by atoms with Crippen LogP contribution in [0.15, 0.2) is 18.2 Å². The molecule has 0 unspecified atom stereocenters. The second-order valence-corrected chi connectivity index (χ2v) is 6.74. The Kier molecular flexibility index (Phi) is 5.49. The van der Waals surface area contributed by atoms with Gasteiger partial charge in [0.25, 0.3) is 5.91 Å². The van der Waals surface area contributed by atoms with Crippen LogP contribution >= 0.6 is 11.3 Å². The first-order chi connectivity index (χ1) is 10.4. The number of carbonyl (C=O) groups excluding carboxylic acids is 1. The Morgan fingerprint density at radius 2 is 2.05 bits per heavy atom. The number of carbonyl (C=O) groups is 1. The number of aromatic nitrogens is 2. The van der Waals surface area contributed by atoms with Crippen molar-refractivity contribution >= 4 is 22.4 Å². The number of benzene rings is 1. The Hall–Kier alpha value is -1.95. The van der Waals surface area contributed by atoms with Gasteiger partial charge in [0.15, 0.2) is 6.61 Å². The molecule has 1 aromatic carbocycles. The Morgan fingerprint density at radius 1 is 1.27 bits per heavy atom. The van der Waals surface area contributed by atoms with Gasteiger partial charge in [-0.25, -0.2) is 0 Å². The maximum Gasteiger partial charge on any atom is 0.264 e. The average Bonchev–Trinajstić information content (AvgIpc) is 2.86. The first-order valence-corrected chi connectivity index (χ1v) is 8.08. The lowest BCUT2D eigenvalue weighted by Gasteiger charge is -2.07. The zero-order valence-electron chi connectivity index (χ0n) is 13.3. The zero-order valence-corrected chi connectivity index (χ0v) is 14.2. The first-order valence-electron chi connectivity index (χ1n) is 7.26. The van der Waals surface area contributed by atoms with Crippen molar-refractivity contribution < 1.29 is 9.53 Å². The van der Waals surface area contributed by atoms with Crippen LogP contribution in [0, 0.1) is 19.8 Å². The Labute approximate surface area is 134 Å². The predicted octanol–water partition coefficient (Wildman–Crippen LogP) is 3.37. The van der Waals surface area contributed by atoms with Gasteiger partial charge in [-0.05, 0) is 43.0 Å². The number of amides is 1. The highest BCUT2D eigenvalue weighted by Crippen LogP contribution is 2.19. The van der Waals surface area contributed by atoms with E-state index in [2.05, 4.69) is 29.4 Å². The van der Waals surface area contributed by atoms with Crippen LogP contribution in [0.25, 0.3) is 0 Å². The maximum atomic E-state index is 11.9. The molecular weight excluding hydrogens is 298 g/mol. The average molecular weight is 319 g/mol. The minimum atomic E-state index is -0.231. The van der Waals surface area contributed by atoms with Gasteiger partial charge in [0.2, 0.25) is 5.13 Å². The zero-order chi connectivity index (χ0) is 16.1. The summed E-state index contributed by atoms with van der Waals surface area (Å²) in [6, 6.07) is 5.76. The minimum Gasteiger partial charge on any atom is -0.484 e. The van der Waals surface area contributed by atoms with Gasteiger partial charge in [-0.2, -0.15) is 0 Å². The van der Waals surface area contributed by atoms with Crippen LogP contribution in [0.1, 0.15) is 30.0 Å². The summed E-state index contributed by atoms with van der Waals surface area (Å²) in [7, 11) is 0. The van der Waals surface area contributed by atoms with E-state index in [1.54, 1.807) is 0 Å². The van der Waals surface area contributed by atoms with Crippen LogP contribution in [0.3, 0.4) is 0 Å². The summed E-state index contributed by atoms with van der Waals surface area (Å²) >= 11 is 1.41. The van der Waals surface area contributed by atoms with Gasteiger partial charge in [-0.15, -0.1) is 10.2 Å². The maximum absolute atomic E-state index is 11.9. The molecule has 0 radical (unpaired) electrons. The molecule has 5 nitrogen and oxygen atoms in total. The van der Waals surface area contributed by atoms with Crippen LogP contribution in [0.2, 0.25) is 0 Å². The number of hydrogen-bond acceptors (Lipinski definition) is 5. The highest BCUT2D eigenvalue weighted by atomic mass is 32.1. The van der Waals surface area contributed by atoms with Crippen molar-refractivity contribution in [2.45, 2.75) is 34.1 Å². The summed E-state index contributed by atoms with van der Waals surface area (Å²) in [6.07, 6.45) is 0.868. The van der Waals surface area contributed by atoms with E-state index in [4.69, 9.17) is 4.74 Å². The van der Waals surface area contributed by atoms with E-state index < -0.39 is 0 Å². The van der Waals surface area contributed by atoms with E-state index in [0.29, 0.717) is 16.8 Å². The summed E-state index contributed by atoms with van der Waals surface area (Å²) < 4.78 is 5.49. The normalized spacial score (nSPS) is 10.8. The molecule has 2 aromatic rings. The summed E-state index contributed by atoms with van der Waals surface area (Å²) in [5, 5.41) is 12.2. The molecule has 0 spiro atoms. The van der Waals surface area contributed by atoms with Gasteiger partial charge in [0.05, 0.1) is 0 Å². The third-order valence-electron chi connectivity index (χ3n) is 3.14. The van der Waals surface area contributed by atoms with Gasteiger partial charge < -0.3 is 4.74 Å². The van der Waals surface area contributed by atoms with Crippen molar-refractivity contribution in [3.8, 4) is 5.75 Å². The van der Waals surface area contributed by atoms with Crippen molar-refractivity contribution in [3.05, 3.63) is 34.3 Å². The van der Waals surface area contributed by atoms with Gasteiger partial charge in [-0.3, -0.25) is 10.1 Å². The first kappa shape index (κ1) is 16.4. The molecule has 1 heterocycles. The van der Waals surface area contributed by atoms with Crippen LogP contribution < -0.4 is 10.1 Å². The van der Waals surface area contributed by atoms with E-state index >= 15 is 0 Å². The predicted molar refractivity (Wildman–Crippen MR) is 88.5 cm³/mol. The standard InChI is InChI=1S/C16H21N3O2S/c1-10(2)7-15-18-19-16(22-15)17-14(20)9-21-13-6-5-11(3)12(4)8-13/h5-6,8,10H,7,9H2,1-4H3,(H,17,19,20). The van der Waals surface area contributed by atoms with Crippen LogP contribution in [-0.2, 0) is 11.2 Å². The highest BCUT2D eigenvalue weighted by molar-refractivity contribution is 7.15. The molecule has 2 rings (SSSR count). The Morgan fingerprint density at radius 3 is 2.73 bits per heavy atom. The molecule has 0 saturated carbocycles. The fourth-order valence-electron chi connectivity index (χ4n) is 1.84. The van der Waals surface area contributed by atoms with E-state index in [1.165, 1.54) is 16.9 Å². The molecule has 0 aliphatic carbocycles. The lowest BCUT2D eigenvalue weighted by atomic mass is 10.1. The number of anilines is 1. The van der Waals surface area contributed by atoms with E-state index in [9.17, 15) is 4.79 Å². The second-order valence-electron chi connectivity index (χ2n) is 5.68. The number of aryl methyl sites for hydroxylation is 2. The molecule has 0 saturated heterocycles. The molecular formula is C16H21N3O2S. The van der Waals surface area contributed by atoms with Gasteiger partial charge >= 0.3 is 0 Å². The lowest BCUT2D eigenvalue weighted by Crippen LogP contribution is -2.20. The number of ether oxygens (including phenoxy) is 1. The van der Waals surface area contributed by atoms with Gasteiger partial charge in [0, 0.05) is 6.42 Å². The van der Waals surface area contributed by atoms with Crippen molar-refractivity contribution in [3.63, 3.8) is 0 Å². The third-order valence-corrected chi connectivity index (χ3v) is 4.01. The van der Waals surface area contributed by atoms with Crippen LogP contribution in [-0.4, -0.2) is 22.7 Å². The molecule has 1 amide bonds. The van der Waals surface area contributed by atoms with Crippen molar-refractivity contribution in [1.82, 2.24) is 10.2 Å². The van der Waals surface area contributed by atoms with E-state index in [0.717, 1.165) is 17.0 Å². The minimum absolute atomic E-state index is 0.0401. The van der Waals surface area contributed by atoms with Crippen LogP contribution in [0.5, 0.6) is 5.75 Å². The topological polar surface area (TPSA) is 64.1 Å². The number of nitrogens with zero attached hydrogens (tertiary/aromatic N) is 2. The van der Waals surface area contributed by atoms with Gasteiger partial charge in [0.1, 0.15) is 10.8 Å². The van der Waals surface area contributed by atoms with E-state index in [-0.39, 0.29) is 12.5 Å². The smallest absolute Gasteiger partial charge is 0.264 e. The number of rotatable bonds is 6. The third kappa shape index (κ3) is 4.80. The quantitative estimate of drug-likeness (QED) is 0.886.